The smallest absolute Gasteiger partial charge is 0.138 e. The first-order valence-corrected chi connectivity index (χ1v) is 5.50. The van der Waals surface area contributed by atoms with Crippen LogP contribution in [0, 0.1) is 0 Å². The first kappa shape index (κ1) is 9.68. The summed E-state index contributed by atoms with van der Waals surface area (Å²) in [4.78, 5) is 1.10. The fraction of sp³-hybridized carbons (Fsp3) is 0.400. The Balaban J connectivity index is 2.39. The van der Waals surface area contributed by atoms with Crippen LogP contribution in [-0.2, 0) is 6.42 Å². The van der Waals surface area contributed by atoms with Crippen LogP contribution in [0.5, 0.6) is 11.5 Å². The van der Waals surface area contributed by atoms with Gasteiger partial charge in [-0.2, -0.15) is 0 Å². The van der Waals surface area contributed by atoms with Crippen LogP contribution in [0.1, 0.15) is 5.56 Å². The summed E-state index contributed by atoms with van der Waals surface area (Å²) >= 11 is 1.67. The molecule has 14 heavy (non-hydrogen) atoms. The molecular weight excluding hydrogens is 198 g/mol. The molecule has 0 fully saturated rings. The van der Waals surface area contributed by atoms with Crippen molar-refractivity contribution >= 4 is 11.8 Å². The predicted molar refractivity (Wildman–Crippen MR) is 57.1 cm³/mol. The van der Waals surface area contributed by atoms with Crippen LogP contribution in [-0.4, -0.2) is 19.6 Å². The van der Waals surface area contributed by atoms with Gasteiger partial charge in [0.05, 0.1) is 12.0 Å². The second-order valence-electron chi connectivity index (χ2n) is 3.07. The summed E-state index contributed by atoms with van der Waals surface area (Å²) in [6.45, 7) is 0.648. The largest absolute Gasteiger partial charge is 0.495 e. The van der Waals surface area contributed by atoms with Gasteiger partial charge in [-0.25, -0.2) is 0 Å². The van der Waals surface area contributed by atoms with Crippen LogP contribution >= 0.6 is 11.8 Å². The summed E-state index contributed by atoms with van der Waals surface area (Å²) in [5.41, 5.74) is 6.68. The molecule has 4 heteroatoms. The van der Waals surface area contributed by atoms with Gasteiger partial charge in [0, 0.05) is 0 Å². The van der Waals surface area contributed by atoms with Gasteiger partial charge < -0.3 is 15.2 Å². The van der Waals surface area contributed by atoms with Gasteiger partial charge in [0.25, 0.3) is 0 Å². The lowest BCUT2D eigenvalue weighted by molar-refractivity contribution is 0.378. The fourth-order valence-electron chi connectivity index (χ4n) is 1.49. The molecule has 76 valence electrons. The van der Waals surface area contributed by atoms with Crippen molar-refractivity contribution in [1.29, 1.82) is 0 Å². The molecule has 0 spiro atoms. The van der Waals surface area contributed by atoms with E-state index in [1.807, 2.05) is 12.1 Å². The Bertz CT molecular complexity index is 341. The van der Waals surface area contributed by atoms with Crippen LogP contribution in [0.25, 0.3) is 0 Å². The highest BCUT2D eigenvalue weighted by Gasteiger charge is 2.18. The summed E-state index contributed by atoms with van der Waals surface area (Å²) in [7, 11) is 1.68. The van der Waals surface area contributed by atoms with Crippen molar-refractivity contribution < 1.29 is 9.47 Å². The van der Waals surface area contributed by atoms with Crippen molar-refractivity contribution in [3.8, 4) is 11.5 Å². The van der Waals surface area contributed by atoms with Gasteiger partial charge >= 0.3 is 0 Å². The monoisotopic (exact) mass is 211 g/mol. The minimum atomic E-state index is 0.648. The molecule has 1 aliphatic rings. The van der Waals surface area contributed by atoms with E-state index in [0.29, 0.717) is 12.5 Å². The van der Waals surface area contributed by atoms with E-state index < -0.39 is 0 Å². The number of hydrogen-bond acceptors (Lipinski definition) is 4. The molecule has 0 saturated carbocycles. The average Bonchev–Trinajstić information content (AvgIpc) is 2.65. The van der Waals surface area contributed by atoms with E-state index in [4.69, 9.17) is 15.2 Å². The number of ether oxygens (including phenoxy) is 2. The highest BCUT2D eigenvalue weighted by atomic mass is 32.2. The third-order valence-corrected chi connectivity index (χ3v) is 3.08. The lowest BCUT2D eigenvalue weighted by Gasteiger charge is -2.07. The topological polar surface area (TPSA) is 44.5 Å². The molecule has 1 aromatic rings. The number of nitrogens with two attached hydrogens (primary N) is 1. The quantitative estimate of drug-likeness (QED) is 0.825. The number of rotatable bonds is 3. The summed E-state index contributed by atoms with van der Waals surface area (Å²) < 4.78 is 10.8. The van der Waals surface area contributed by atoms with Gasteiger partial charge in [-0.1, -0.05) is 11.8 Å². The van der Waals surface area contributed by atoms with Gasteiger partial charge in [0.1, 0.15) is 17.4 Å². The number of methoxy groups -OCH3 is 1. The Morgan fingerprint density at radius 1 is 1.57 bits per heavy atom. The molecule has 0 aliphatic carbocycles. The van der Waals surface area contributed by atoms with E-state index in [9.17, 15) is 0 Å². The minimum Gasteiger partial charge on any atom is -0.495 e. The summed E-state index contributed by atoms with van der Waals surface area (Å²) in [6.07, 6.45) is 0.859. The molecule has 0 bridgehead atoms. The Hall–Kier alpha value is -0.870. The fourth-order valence-corrected chi connectivity index (χ4v) is 2.34. The molecule has 1 aromatic carbocycles. The van der Waals surface area contributed by atoms with Crippen LogP contribution in [0.4, 0.5) is 0 Å². The maximum atomic E-state index is 5.51. The van der Waals surface area contributed by atoms with Crippen molar-refractivity contribution in [2.75, 3.05) is 19.6 Å². The van der Waals surface area contributed by atoms with Gasteiger partial charge in [0.15, 0.2) is 0 Å². The van der Waals surface area contributed by atoms with Gasteiger partial charge in [-0.05, 0) is 30.7 Å². The van der Waals surface area contributed by atoms with Crippen molar-refractivity contribution in [3.63, 3.8) is 0 Å². The summed E-state index contributed by atoms with van der Waals surface area (Å²) in [5, 5.41) is 0. The maximum Gasteiger partial charge on any atom is 0.138 e. The second kappa shape index (κ2) is 4.11. The Kier molecular flexibility index (Phi) is 2.84. The molecule has 1 aliphatic heterocycles. The number of benzene rings is 1. The standard InChI is InChI=1S/C10H13NO2S/c1-12-8-4-7(2-3-11)5-9-10(8)14-6-13-9/h4-5H,2-3,6,11H2,1H3. The van der Waals surface area contributed by atoms with Crippen molar-refractivity contribution in [2.24, 2.45) is 5.73 Å². The van der Waals surface area contributed by atoms with Gasteiger partial charge in [0.2, 0.25) is 0 Å². The van der Waals surface area contributed by atoms with Crippen LogP contribution < -0.4 is 15.2 Å². The second-order valence-corrected chi connectivity index (χ2v) is 4.00. The van der Waals surface area contributed by atoms with Gasteiger partial charge in [-0.3, -0.25) is 0 Å². The average molecular weight is 211 g/mol. The zero-order chi connectivity index (χ0) is 9.97. The Morgan fingerprint density at radius 2 is 2.43 bits per heavy atom. The molecule has 2 rings (SSSR count). The molecule has 0 radical (unpaired) electrons. The first-order valence-electron chi connectivity index (χ1n) is 4.51. The van der Waals surface area contributed by atoms with E-state index in [0.717, 1.165) is 22.8 Å². The normalized spacial score (nSPS) is 13.6. The van der Waals surface area contributed by atoms with Gasteiger partial charge in [-0.15, -0.1) is 0 Å². The molecule has 2 N–H and O–H groups in total. The number of fused-ring (bicyclic) bond motifs is 1. The molecule has 3 nitrogen and oxygen atoms in total. The van der Waals surface area contributed by atoms with Crippen molar-refractivity contribution in [2.45, 2.75) is 11.3 Å². The molecule has 0 aromatic heterocycles. The van der Waals surface area contributed by atoms with E-state index in [1.54, 1.807) is 18.9 Å². The van der Waals surface area contributed by atoms with E-state index in [-0.39, 0.29) is 0 Å². The molecule has 0 saturated heterocycles. The molecule has 0 atom stereocenters. The van der Waals surface area contributed by atoms with Crippen LogP contribution in [0.15, 0.2) is 17.0 Å². The van der Waals surface area contributed by atoms with E-state index >= 15 is 0 Å². The highest BCUT2D eigenvalue weighted by molar-refractivity contribution is 7.99. The molecule has 0 amide bonds. The maximum absolute atomic E-state index is 5.51. The third-order valence-electron chi connectivity index (χ3n) is 2.15. The molecule has 1 heterocycles. The van der Waals surface area contributed by atoms with E-state index in [2.05, 4.69) is 0 Å². The number of thioether (sulfide) groups is 1. The molecule has 0 unspecified atom stereocenters. The van der Waals surface area contributed by atoms with Crippen LogP contribution in [0.3, 0.4) is 0 Å². The summed E-state index contributed by atoms with van der Waals surface area (Å²) in [6, 6.07) is 4.08. The molecular formula is C10H13NO2S. The minimum absolute atomic E-state index is 0.648. The zero-order valence-electron chi connectivity index (χ0n) is 8.08. The Morgan fingerprint density at radius 3 is 3.14 bits per heavy atom. The zero-order valence-corrected chi connectivity index (χ0v) is 8.89. The predicted octanol–water partition coefficient (Wildman–Crippen LogP) is 1.64. The van der Waals surface area contributed by atoms with E-state index in [1.165, 1.54) is 5.56 Å². The lowest BCUT2D eigenvalue weighted by atomic mass is 10.1. The third kappa shape index (κ3) is 1.67. The van der Waals surface area contributed by atoms with Crippen molar-refractivity contribution in [3.05, 3.63) is 17.7 Å². The SMILES string of the molecule is COc1cc(CCN)cc2c1SCO2. The lowest BCUT2D eigenvalue weighted by Crippen LogP contribution is -2.03. The summed E-state index contributed by atoms with van der Waals surface area (Å²) in [5.74, 6) is 2.50. The first-order chi connectivity index (χ1) is 6.85. The van der Waals surface area contributed by atoms with Crippen LogP contribution in [0.2, 0.25) is 0 Å². The Labute approximate surface area is 87.6 Å². The van der Waals surface area contributed by atoms with Crippen molar-refractivity contribution in [1.82, 2.24) is 0 Å². The highest BCUT2D eigenvalue weighted by Crippen LogP contribution is 2.43. The number of hydrogen-bond donors (Lipinski definition) is 1.